The van der Waals surface area contributed by atoms with E-state index in [1.165, 1.54) is 14.0 Å². The molecule has 0 aliphatic carbocycles. The molecule has 9 heteroatoms. The lowest BCUT2D eigenvalue weighted by molar-refractivity contribution is -0.165. The second-order valence-electron chi connectivity index (χ2n) is 3.96. The number of allylic oxidation sites excluding steroid dienone is 1. The van der Waals surface area contributed by atoms with Gasteiger partial charge in [-0.3, -0.25) is 14.4 Å². The highest BCUT2D eigenvalue weighted by molar-refractivity contribution is 6.03. The van der Waals surface area contributed by atoms with Gasteiger partial charge in [0, 0.05) is 7.11 Å². The zero-order chi connectivity index (χ0) is 17.2. The summed E-state index contributed by atoms with van der Waals surface area (Å²) in [6.07, 6.45) is -4.38. The number of ketones is 2. The van der Waals surface area contributed by atoms with E-state index in [0.29, 0.717) is 6.08 Å². The van der Waals surface area contributed by atoms with Gasteiger partial charge in [-0.15, -0.1) is 0 Å². The van der Waals surface area contributed by atoms with Crippen LogP contribution in [0, 0.1) is 5.92 Å². The standard InChI is InChI=1S/C13H17F3O6/c1-3-22-12(19)9(4-5-11(18)13(14,15)16)10(17)8-21-7-6-20-2/h4-5,9H,3,6-8H2,1-2H3/b5-4-. The largest absolute Gasteiger partial charge is 0.465 e. The Hall–Kier alpha value is -1.74. The van der Waals surface area contributed by atoms with Crippen molar-refractivity contribution in [1.82, 2.24) is 0 Å². The minimum atomic E-state index is -5.08. The smallest absolute Gasteiger partial charge is 0.454 e. The SMILES string of the molecule is CCOC(=O)C(/C=C\C(=O)C(F)(F)F)C(=O)COCCOC. The Morgan fingerprint density at radius 1 is 1.18 bits per heavy atom. The number of hydrogen-bond acceptors (Lipinski definition) is 6. The molecule has 1 unspecified atom stereocenters. The summed E-state index contributed by atoms with van der Waals surface area (Å²) in [6, 6.07) is 0. The first-order valence-electron chi connectivity index (χ1n) is 6.29. The van der Waals surface area contributed by atoms with Crippen molar-refractivity contribution in [2.24, 2.45) is 5.92 Å². The van der Waals surface area contributed by atoms with Crippen molar-refractivity contribution >= 4 is 17.5 Å². The fourth-order valence-electron chi connectivity index (χ4n) is 1.23. The lowest BCUT2D eigenvalue weighted by Gasteiger charge is -2.11. The number of methoxy groups -OCH3 is 1. The number of Topliss-reactive ketones (excluding diaryl/α,β-unsaturated/α-hetero) is 1. The van der Waals surface area contributed by atoms with Gasteiger partial charge in [0.1, 0.15) is 12.5 Å². The third-order valence-electron chi connectivity index (χ3n) is 2.28. The molecular formula is C13H17F3O6. The molecule has 0 aliphatic rings. The molecule has 6 nitrogen and oxygen atoms in total. The van der Waals surface area contributed by atoms with Gasteiger partial charge < -0.3 is 14.2 Å². The predicted molar refractivity (Wildman–Crippen MR) is 68.0 cm³/mol. The number of ether oxygens (including phenoxy) is 3. The first-order valence-corrected chi connectivity index (χ1v) is 6.29. The van der Waals surface area contributed by atoms with Gasteiger partial charge in [0.25, 0.3) is 5.78 Å². The van der Waals surface area contributed by atoms with Gasteiger partial charge in [-0.1, -0.05) is 6.08 Å². The quantitative estimate of drug-likeness (QED) is 0.259. The molecule has 0 radical (unpaired) electrons. The third-order valence-corrected chi connectivity index (χ3v) is 2.28. The predicted octanol–water partition coefficient (Wildman–Crippen LogP) is 1.09. The summed E-state index contributed by atoms with van der Waals surface area (Å²) in [5.74, 6) is -5.67. The monoisotopic (exact) mass is 326 g/mol. The van der Waals surface area contributed by atoms with Crippen molar-refractivity contribution in [1.29, 1.82) is 0 Å². The number of rotatable bonds is 10. The highest BCUT2D eigenvalue weighted by Gasteiger charge is 2.37. The Kier molecular flexibility index (Phi) is 9.27. The number of carbonyl (C=O) groups excluding carboxylic acids is 3. The molecule has 0 spiro atoms. The summed E-state index contributed by atoms with van der Waals surface area (Å²) in [4.78, 5) is 34.1. The van der Waals surface area contributed by atoms with Crippen LogP contribution in [-0.4, -0.2) is 57.2 Å². The molecule has 0 aromatic rings. The van der Waals surface area contributed by atoms with Gasteiger partial charge in [0.05, 0.1) is 19.8 Å². The molecule has 22 heavy (non-hydrogen) atoms. The number of carbonyl (C=O) groups is 3. The van der Waals surface area contributed by atoms with Crippen LogP contribution in [0.1, 0.15) is 6.92 Å². The fourth-order valence-corrected chi connectivity index (χ4v) is 1.23. The molecule has 0 fully saturated rings. The Morgan fingerprint density at radius 2 is 1.82 bits per heavy atom. The van der Waals surface area contributed by atoms with Crippen LogP contribution in [0.5, 0.6) is 0 Å². The van der Waals surface area contributed by atoms with Gasteiger partial charge in [-0.25, -0.2) is 0 Å². The zero-order valence-corrected chi connectivity index (χ0v) is 12.1. The summed E-state index contributed by atoms with van der Waals surface area (Å²) in [5.41, 5.74) is 0. The van der Waals surface area contributed by atoms with Crippen molar-refractivity contribution in [2.45, 2.75) is 13.1 Å². The molecule has 0 aliphatic heterocycles. The van der Waals surface area contributed by atoms with Crippen LogP contribution in [0.25, 0.3) is 0 Å². The number of alkyl halides is 3. The van der Waals surface area contributed by atoms with E-state index in [0.717, 1.165) is 0 Å². The highest BCUT2D eigenvalue weighted by Crippen LogP contribution is 2.17. The topological polar surface area (TPSA) is 78.9 Å². The van der Waals surface area contributed by atoms with Crippen LogP contribution in [0.4, 0.5) is 13.2 Å². The number of esters is 1. The highest BCUT2D eigenvalue weighted by atomic mass is 19.4. The first kappa shape index (κ1) is 20.3. The van der Waals surface area contributed by atoms with Crippen LogP contribution < -0.4 is 0 Å². The summed E-state index contributed by atoms with van der Waals surface area (Å²) in [7, 11) is 1.41. The van der Waals surface area contributed by atoms with Crippen LogP contribution in [0.15, 0.2) is 12.2 Å². The van der Waals surface area contributed by atoms with E-state index < -0.39 is 36.2 Å². The minimum Gasteiger partial charge on any atom is -0.465 e. The van der Waals surface area contributed by atoms with Crippen molar-refractivity contribution in [2.75, 3.05) is 33.5 Å². The van der Waals surface area contributed by atoms with Crippen LogP contribution in [0.3, 0.4) is 0 Å². The van der Waals surface area contributed by atoms with E-state index in [1.54, 1.807) is 0 Å². The molecule has 0 saturated carbocycles. The Labute approximate surface area is 125 Å². The van der Waals surface area contributed by atoms with Gasteiger partial charge in [-0.05, 0) is 13.0 Å². The van der Waals surface area contributed by atoms with Gasteiger partial charge in [0.2, 0.25) is 0 Å². The first-order chi connectivity index (χ1) is 10.2. The second-order valence-corrected chi connectivity index (χ2v) is 3.96. The average Bonchev–Trinajstić information content (AvgIpc) is 2.42. The molecule has 0 amide bonds. The van der Waals surface area contributed by atoms with Crippen molar-refractivity contribution < 1.29 is 41.8 Å². The molecule has 0 rings (SSSR count). The summed E-state index contributed by atoms with van der Waals surface area (Å²) in [5, 5.41) is 0. The van der Waals surface area contributed by atoms with E-state index >= 15 is 0 Å². The Balaban J connectivity index is 4.83. The van der Waals surface area contributed by atoms with E-state index in [9.17, 15) is 27.6 Å². The summed E-state index contributed by atoms with van der Waals surface area (Å²) >= 11 is 0. The van der Waals surface area contributed by atoms with Gasteiger partial charge in [0.15, 0.2) is 5.78 Å². The lowest BCUT2D eigenvalue weighted by Crippen LogP contribution is -2.29. The summed E-state index contributed by atoms with van der Waals surface area (Å²) < 4.78 is 50.4. The maximum Gasteiger partial charge on any atom is 0.454 e. The Morgan fingerprint density at radius 3 is 2.32 bits per heavy atom. The maximum atomic E-state index is 12.1. The van der Waals surface area contributed by atoms with E-state index in [-0.39, 0.29) is 25.9 Å². The molecule has 1 atom stereocenters. The number of halogens is 3. The second kappa shape index (κ2) is 10.1. The van der Waals surface area contributed by atoms with Crippen molar-refractivity contribution in [3.8, 4) is 0 Å². The van der Waals surface area contributed by atoms with E-state index in [2.05, 4.69) is 9.47 Å². The van der Waals surface area contributed by atoms with Crippen LogP contribution in [-0.2, 0) is 28.6 Å². The normalized spacial score (nSPS) is 13.1. The molecule has 0 aromatic carbocycles. The minimum absolute atomic E-state index is 0.0613. The van der Waals surface area contributed by atoms with E-state index in [4.69, 9.17) is 4.74 Å². The lowest BCUT2D eigenvalue weighted by atomic mass is 10.0. The fraction of sp³-hybridized carbons (Fsp3) is 0.615. The Bertz CT molecular complexity index is 416. The molecule has 0 N–H and O–H groups in total. The molecule has 0 heterocycles. The average molecular weight is 326 g/mol. The van der Waals surface area contributed by atoms with Gasteiger partial charge >= 0.3 is 12.1 Å². The molecular weight excluding hydrogens is 309 g/mol. The van der Waals surface area contributed by atoms with Gasteiger partial charge in [-0.2, -0.15) is 13.2 Å². The molecule has 0 bridgehead atoms. The maximum absolute atomic E-state index is 12.1. The molecule has 0 saturated heterocycles. The van der Waals surface area contributed by atoms with Crippen molar-refractivity contribution in [3.63, 3.8) is 0 Å². The summed E-state index contributed by atoms with van der Waals surface area (Å²) in [6.45, 7) is 1.17. The number of hydrogen-bond donors (Lipinski definition) is 0. The molecule has 0 aromatic heterocycles. The third kappa shape index (κ3) is 7.89. The zero-order valence-electron chi connectivity index (χ0n) is 12.1. The van der Waals surface area contributed by atoms with Crippen molar-refractivity contribution in [3.05, 3.63) is 12.2 Å². The van der Waals surface area contributed by atoms with E-state index in [1.807, 2.05) is 0 Å². The van der Waals surface area contributed by atoms with Crippen LogP contribution in [0.2, 0.25) is 0 Å². The molecule has 126 valence electrons. The van der Waals surface area contributed by atoms with Crippen LogP contribution >= 0.6 is 0 Å².